The number of rotatable bonds is 18. The minimum Gasteiger partial charge on any atom is -0.479 e. The van der Waals surface area contributed by atoms with E-state index in [4.69, 9.17) is 25.8 Å². The Morgan fingerprint density at radius 2 is 1.22 bits per heavy atom. The number of carbonyl (C=O) groups is 2. The number of hydrogen-bond acceptors (Lipinski definition) is 5. The van der Waals surface area contributed by atoms with Gasteiger partial charge in [0.05, 0.1) is 5.02 Å². The highest BCUT2D eigenvalue weighted by atomic mass is 35.5. The molecule has 0 saturated heterocycles. The van der Waals surface area contributed by atoms with Gasteiger partial charge in [0.25, 0.3) is 0 Å². The number of hydrogen-bond donors (Lipinski definition) is 2. The van der Waals surface area contributed by atoms with E-state index < -0.39 is 24.1 Å². The molecular weight excluding hydrogens is 484 g/mol. The minimum absolute atomic E-state index is 0.250. The number of carboxylic acids is 2. The Balaban J connectivity index is 1.94. The van der Waals surface area contributed by atoms with Gasteiger partial charge in [0.2, 0.25) is 0 Å². The summed E-state index contributed by atoms with van der Waals surface area (Å²) in [6, 6.07) is 11.5. The second-order valence-electron chi connectivity index (χ2n) is 8.75. The van der Waals surface area contributed by atoms with Crippen LogP contribution in [0.3, 0.4) is 0 Å². The molecule has 2 rings (SSSR count). The third kappa shape index (κ3) is 10.4. The van der Waals surface area contributed by atoms with Crippen molar-refractivity contribution in [2.45, 2.75) is 90.3 Å². The molecule has 8 heteroatoms. The molecule has 2 aromatic carbocycles. The van der Waals surface area contributed by atoms with E-state index in [1.807, 2.05) is 0 Å². The highest BCUT2D eigenvalue weighted by molar-refractivity contribution is 6.32. The number of aliphatic carboxylic acids is 2. The van der Waals surface area contributed by atoms with E-state index >= 15 is 0 Å². The molecule has 2 aromatic rings. The third-order valence-corrected chi connectivity index (χ3v) is 6.00. The summed E-state index contributed by atoms with van der Waals surface area (Å²) in [6.45, 7) is 4.21. The van der Waals surface area contributed by atoms with Crippen LogP contribution in [0.25, 0.3) is 0 Å². The average molecular weight is 521 g/mol. The van der Waals surface area contributed by atoms with Crippen LogP contribution in [0.4, 0.5) is 0 Å². The molecule has 0 radical (unpaired) electrons. The molecule has 2 atom stereocenters. The minimum atomic E-state index is -1.02. The second kappa shape index (κ2) is 15.9. The SMILES string of the molecule is CCCCCCC(Oc1ccc(Oc2ccc(OC(CCCCCC)C(=O)O)c(Cl)c2)cc1)C(=O)O. The molecule has 36 heavy (non-hydrogen) atoms. The van der Waals surface area contributed by atoms with Gasteiger partial charge in [-0.15, -0.1) is 0 Å². The van der Waals surface area contributed by atoms with Crippen LogP contribution < -0.4 is 14.2 Å². The van der Waals surface area contributed by atoms with E-state index in [-0.39, 0.29) is 10.8 Å². The molecule has 0 bridgehead atoms. The van der Waals surface area contributed by atoms with E-state index in [1.165, 1.54) is 0 Å². The Kier molecular flexibility index (Phi) is 13.0. The lowest BCUT2D eigenvalue weighted by molar-refractivity contribution is -0.146. The Morgan fingerprint density at radius 1 is 0.722 bits per heavy atom. The van der Waals surface area contributed by atoms with E-state index in [9.17, 15) is 19.8 Å². The Hall–Kier alpha value is -2.93. The second-order valence-corrected chi connectivity index (χ2v) is 9.16. The summed E-state index contributed by atoms with van der Waals surface area (Å²) in [5.41, 5.74) is 0. The van der Waals surface area contributed by atoms with Crippen molar-refractivity contribution in [3.63, 3.8) is 0 Å². The summed E-state index contributed by atoms with van der Waals surface area (Å²) in [6.07, 6.45) is 6.85. The van der Waals surface area contributed by atoms with Crippen molar-refractivity contribution in [1.82, 2.24) is 0 Å². The molecule has 0 heterocycles. The van der Waals surface area contributed by atoms with Crippen LogP contribution >= 0.6 is 11.6 Å². The van der Waals surface area contributed by atoms with Gasteiger partial charge in [-0.25, -0.2) is 9.59 Å². The number of ether oxygens (including phenoxy) is 3. The number of unbranched alkanes of at least 4 members (excludes halogenated alkanes) is 6. The van der Waals surface area contributed by atoms with Crippen LogP contribution in [0.15, 0.2) is 42.5 Å². The van der Waals surface area contributed by atoms with Gasteiger partial charge in [-0.2, -0.15) is 0 Å². The monoisotopic (exact) mass is 520 g/mol. The molecule has 2 N–H and O–H groups in total. The molecule has 0 fully saturated rings. The van der Waals surface area contributed by atoms with Crippen LogP contribution in [-0.4, -0.2) is 34.4 Å². The van der Waals surface area contributed by atoms with Gasteiger partial charge in [-0.3, -0.25) is 0 Å². The maximum Gasteiger partial charge on any atom is 0.344 e. The van der Waals surface area contributed by atoms with Gasteiger partial charge >= 0.3 is 11.9 Å². The molecule has 0 aromatic heterocycles. The van der Waals surface area contributed by atoms with Gasteiger partial charge < -0.3 is 24.4 Å². The molecule has 0 saturated carbocycles. The quantitative estimate of drug-likeness (QED) is 0.194. The summed E-state index contributed by atoms with van der Waals surface area (Å²) in [4.78, 5) is 23.1. The summed E-state index contributed by atoms with van der Waals surface area (Å²) < 4.78 is 17.1. The molecule has 0 aliphatic heterocycles. The molecule has 198 valence electrons. The summed E-state index contributed by atoms with van der Waals surface area (Å²) in [5, 5.41) is 19.2. The first-order chi connectivity index (χ1) is 17.3. The lowest BCUT2D eigenvalue weighted by Crippen LogP contribution is -2.27. The number of halogens is 1. The molecule has 0 aliphatic rings. The number of benzene rings is 2. The molecule has 2 unspecified atom stereocenters. The van der Waals surface area contributed by atoms with Crippen LogP contribution in [0.5, 0.6) is 23.0 Å². The fourth-order valence-electron chi connectivity index (χ4n) is 3.66. The zero-order valence-electron chi connectivity index (χ0n) is 21.1. The van der Waals surface area contributed by atoms with Gasteiger partial charge in [0.15, 0.2) is 12.2 Å². The van der Waals surface area contributed by atoms with Crippen LogP contribution in [-0.2, 0) is 9.59 Å². The summed E-state index contributed by atoms with van der Waals surface area (Å²) in [5.74, 6) is -0.289. The molecule has 7 nitrogen and oxygen atoms in total. The topological polar surface area (TPSA) is 102 Å². The Morgan fingerprint density at radius 3 is 1.72 bits per heavy atom. The van der Waals surface area contributed by atoms with Gasteiger partial charge in [-0.05, 0) is 62.1 Å². The lowest BCUT2D eigenvalue weighted by Gasteiger charge is -2.17. The van der Waals surface area contributed by atoms with Crippen LogP contribution in [0.1, 0.15) is 78.1 Å². The Bertz CT molecular complexity index is 945. The van der Waals surface area contributed by atoms with E-state index in [0.717, 1.165) is 51.4 Å². The fourth-order valence-corrected chi connectivity index (χ4v) is 3.87. The lowest BCUT2D eigenvalue weighted by atomic mass is 10.1. The highest BCUT2D eigenvalue weighted by Gasteiger charge is 2.21. The maximum atomic E-state index is 11.6. The van der Waals surface area contributed by atoms with E-state index in [2.05, 4.69) is 13.8 Å². The average Bonchev–Trinajstić information content (AvgIpc) is 2.85. The summed E-state index contributed by atoms with van der Waals surface area (Å²) >= 11 is 6.33. The van der Waals surface area contributed by atoms with Crippen LogP contribution in [0.2, 0.25) is 5.02 Å². The number of carboxylic acid groups (broad SMARTS) is 2. The first kappa shape index (κ1) is 29.3. The normalized spacial score (nSPS) is 12.5. The van der Waals surface area contributed by atoms with Crippen LogP contribution in [0, 0.1) is 0 Å². The fraction of sp³-hybridized carbons (Fsp3) is 0.500. The van der Waals surface area contributed by atoms with Crippen molar-refractivity contribution < 1.29 is 34.0 Å². The highest BCUT2D eigenvalue weighted by Crippen LogP contribution is 2.33. The van der Waals surface area contributed by atoms with E-state index in [0.29, 0.717) is 30.1 Å². The largest absolute Gasteiger partial charge is 0.479 e. The molecule has 0 amide bonds. The van der Waals surface area contributed by atoms with E-state index in [1.54, 1.807) is 42.5 Å². The zero-order valence-corrected chi connectivity index (χ0v) is 21.8. The first-order valence-corrected chi connectivity index (χ1v) is 13.1. The van der Waals surface area contributed by atoms with Gasteiger partial charge in [0, 0.05) is 6.07 Å². The molecule has 0 aliphatic carbocycles. The third-order valence-electron chi connectivity index (χ3n) is 5.70. The van der Waals surface area contributed by atoms with Crippen molar-refractivity contribution in [2.24, 2.45) is 0 Å². The maximum absolute atomic E-state index is 11.6. The first-order valence-electron chi connectivity index (χ1n) is 12.7. The van der Waals surface area contributed by atoms with Gasteiger partial charge in [0.1, 0.15) is 23.0 Å². The van der Waals surface area contributed by atoms with Crippen molar-refractivity contribution >= 4 is 23.5 Å². The Labute approximate surface area is 218 Å². The smallest absolute Gasteiger partial charge is 0.344 e. The molecular formula is C28H37ClO7. The standard InChI is InChI=1S/C28H37ClO7/c1-3-5-7-9-11-25(27(30)31)35-21-15-13-20(14-16-21)34-22-17-18-24(23(29)19-22)36-26(28(32)33)12-10-8-6-4-2/h13-19,25-26H,3-12H2,1-2H3,(H,30,31)(H,32,33). The molecule has 0 spiro atoms. The predicted octanol–water partition coefficient (Wildman–Crippen LogP) is 7.74. The summed E-state index contributed by atoms with van der Waals surface area (Å²) in [7, 11) is 0. The van der Waals surface area contributed by atoms with Crippen molar-refractivity contribution in [2.75, 3.05) is 0 Å². The van der Waals surface area contributed by atoms with Crippen molar-refractivity contribution in [3.05, 3.63) is 47.5 Å². The van der Waals surface area contributed by atoms with Gasteiger partial charge in [-0.1, -0.05) is 64.0 Å². The zero-order chi connectivity index (χ0) is 26.3. The predicted molar refractivity (Wildman–Crippen MR) is 140 cm³/mol. The van der Waals surface area contributed by atoms with Crippen molar-refractivity contribution in [3.8, 4) is 23.0 Å². The van der Waals surface area contributed by atoms with Crippen molar-refractivity contribution in [1.29, 1.82) is 0 Å².